The van der Waals surface area contributed by atoms with E-state index in [9.17, 15) is 4.79 Å². The molecule has 0 aliphatic carbocycles. The van der Waals surface area contributed by atoms with Crippen LogP contribution in [-0.2, 0) is 6.54 Å². The van der Waals surface area contributed by atoms with Crippen LogP contribution in [-0.4, -0.2) is 10.3 Å². The van der Waals surface area contributed by atoms with Crippen molar-refractivity contribution in [2.24, 2.45) is 0 Å². The second-order valence-corrected chi connectivity index (χ2v) is 2.76. The zero-order valence-corrected chi connectivity index (χ0v) is 7.13. The van der Waals surface area contributed by atoms with E-state index in [1.165, 1.54) is 0 Å². The van der Waals surface area contributed by atoms with Gasteiger partial charge < -0.3 is 4.57 Å². The highest BCUT2D eigenvalue weighted by atomic mass is 32.1. The van der Waals surface area contributed by atoms with Crippen LogP contribution in [0.15, 0.2) is 29.2 Å². The third kappa shape index (κ3) is 2.42. The van der Waals surface area contributed by atoms with E-state index in [1.54, 1.807) is 22.9 Å². The number of aromatic nitrogens is 1. The van der Waals surface area contributed by atoms with Crippen molar-refractivity contribution >= 4 is 12.6 Å². The standard InChI is InChI=1S/C8H11NOS/c10-8-4-1-2-5-9(8)6-3-7-11/h1-2,4-5,11H,3,6-7H2. The van der Waals surface area contributed by atoms with Gasteiger partial charge in [-0.05, 0) is 18.2 Å². The first-order valence-corrected chi connectivity index (χ1v) is 4.24. The van der Waals surface area contributed by atoms with Gasteiger partial charge in [0.05, 0.1) is 0 Å². The van der Waals surface area contributed by atoms with E-state index in [4.69, 9.17) is 0 Å². The van der Waals surface area contributed by atoms with Gasteiger partial charge in [0.15, 0.2) is 0 Å². The lowest BCUT2D eigenvalue weighted by Crippen LogP contribution is -2.17. The minimum Gasteiger partial charge on any atom is -0.316 e. The fourth-order valence-electron chi connectivity index (χ4n) is 0.886. The van der Waals surface area contributed by atoms with Crippen molar-refractivity contribution < 1.29 is 0 Å². The van der Waals surface area contributed by atoms with Crippen molar-refractivity contribution in [2.75, 3.05) is 5.75 Å². The molecular formula is C8H11NOS. The molecule has 2 nitrogen and oxygen atoms in total. The van der Waals surface area contributed by atoms with Gasteiger partial charge in [-0.15, -0.1) is 0 Å². The van der Waals surface area contributed by atoms with Crippen molar-refractivity contribution in [3.63, 3.8) is 0 Å². The summed E-state index contributed by atoms with van der Waals surface area (Å²) in [5.41, 5.74) is 0.0642. The topological polar surface area (TPSA) is 22.0 Å². The molecule has 0 N–H and O–H groups in total. The Morgan fingerprint density at radius 1 is 1.45 bits per heavy atom. The molecule has 0 bridgehead atoms. The van der Waals surface area contributed by atoms with Crippen LogP contribution >= 0.6 is 12.6 Å². The normalized spacial score (nSPS) is 9.91. The molecule has 1 aromatic heterocycles. The van der Waals surface area contributed by atoms with E-state index < -0.39 is 0 Å². The Bertz CT molecular complexity index is 269. The van der Waals surface area contributed by atoms with E-state index in [1.807, 2.05) is 6.07 Å². The molecule has 1 rings (SSSR count). The summed E-state index contributed by atoms with van der Waals surface area (Å²) in [6.07, 6.45) is 2.73. The van der Waals surface area contributed by atoms with Crippen molar-refractivity contribution in [1.82, 2.24) is 4.57 Å². The first-order chi connectivity index (χ1) is 5.34. The second kappa shape index (κ2) is 4.23. The predicted molar refractivity (Wildman–Crippen MR) is 49.2 cm³/mol. The maximum atomic E-state index is 11.1. The Morgan fingerprint density at radius 3 is 2.91 bits per heavy atom. The van der Waals surface area contributed by atoms with Gasteiger partial charge in [0.25, 0.3) is 0 Å². The monoisotopic (exact) mass is 169 g/mol. The molecule has 0 aliphatic heterocycles. The van der Waals surface area contributed by atoms with Gasteiger partial charge in [-0.1, -0.05) is 6.07 Å². The molecule has 60 valence electrons. The number of pyridine rings is 1. The van der Waals surface area contributed by atoms with Crippen LogP contribution in [0.1, 0.15) is 6.42 Å². The van der Waals surface area contributed by atoms with Gasteiger partial charge in [-0.2, -0.15) is 12.6 Å². The molecule has 0 radical (unpaired) electrons. The molecule has 0 saturated carbocycles. The number of hydrogen-bond donors (Lipinski definition) is 1. The van der Waals surface area contributed by atoms with Gasteiger partial charge in [0.1, 0.15) is 0 Å². The molecule has 0 aliphatic rings. The van der Waals surface area contributed by atoms with Crippen molar-refractivity contribution in [3.05, 3.63) is 34.7 Å². The largest absolute Gasteiger partial charge is 0.316 e. The summed E-state index contributed by atoms with van der Waals surface area (Å²) in [7, 11) is 0. The maximum Gasteiger partial charge on any atom is 0.250 e. The first kappa shape index (κ1) is 8.40. The van der Waals surface area contributed by atoms with Crippen LogP contribution in [0.5, 0.6) is 0 Å². The van der Waals surface area contributed by atoms with Gasteiger partial charge in [0, 0.05) is 18.8 Å². The van der Waals surface area contributed by atoms with Crippen LogP contribution in [0.25, 0.3) is 0 Å². The summed E-state index contributed by atoms with van der Waals surface area (Å²) in [4.78, 5) is 11.1. The first-order valence-electron chi connectivity index (χ1n) is 3.61. The molecule has 0 fully saturated rings. The molecule has 0 spiro atoms. The maximum absolute atomic E-state index is 11.1. The van der Waals surface area contributed by atoms with Gasteiger partial charge >= 0.3 is 0 Å². The highest BCUT2D eigenvalue weighted by Gasteiger charge is 1.90. The summed E-state index contributed by atoms with van der Waals surface area (Å²) >= 11 is 4.07. The average molecular weight is 169 g/mol. The lowest BCUT2D eigenvalue weighted by Gasteiger charge is -2.01. The van der Waals surface area contributed by atoms with Gasteiger partial charge in [-0.3, -0.25) is 4.79 Å². The molecule has 1 heterocycles. The zero-order chi connectivity index (χ0) is 8.10. The van der Waals surface area contributed by atoms with Crippen molar-refractivity contribution in [1.29, 1.82) is 0 Å². The fraction of sp³-hybridized carbons (Fsp3) is 0.375. The summed E-state index contributed by atoms with van der Waals surface area (Å²) < 4.78 is 1.69. The molecule has 0 unspecified atom stereocenters. The third-order valence-electron chi connectivity index (χ3n) is 1.46. The summed E-state index contributed by atoms with van der Waals surface area (Å²) in [6.45, 7) is 0.767. The number of hydrogen-bond acceptors (Lipinski definition) is 2. The lowest BCUT2D eigenvalue weighted by molar-refractivity contribution is 0.659. The Hall–Kier alpha value is -0.700. The molecule has 0 aromatic carbocycles. The van der Waals surface area contributed by atoms with Gasteiger partial charge in [0.2, 0.25) is 5.56 Å². The minimum atomic E-state index is 0.0642. The second-order valence-electron chi connectivity index (χ2n) is 2.31. The van der Waals surface area contributed by atoms with Crippen LogP contribution in [0.4, 0.5) is 0 Å². The Kier molecular flexibility index (Phi) is 3.23. The molecule has 0 amide bonds. The third-order valence-corrected chi connectivity index (χ3v) is 1.77. The highest BCUT2D eigenvalue weighted by molar-refractivity contribution is 7.80. The summed E-state index contributed by atoms with van der Waals surface area (Å²) in [6, 6.07) is 5.18. The lowest BCUT2D eigenvalue weighted by atomic mass is 10.4. The smallest absolute Gasteiger partial charge is 0.250 e. The summed E-state index contributed by atoms with van der Waals surface area (Å²) in [5, 5.41) is 0. The molecule has 1 aromatic rings. The van der Waals surface area contributed by atoms with Gasteiger partial charge in [-0.25, -0.2) is 0 Å². The van der Waals surface area contributed by atoms with Crippen LogP contribution < -0.4 is 5.56 Å². The predicted octanol–water partition coefficient (Wildman–Crippen LogP) is 1.17. The van der Waals surface area contributed by atoms with E-state index in [0.29, 0.717) is 0 Å². The van der Waals surface area contributed by atoms with E-state index >= 15 is 0 Å². The van der Waals surface area contributed by atoms with Crippen LogP contribution in [0, 0.1) is 0 Å². The Morgan fingerprint density at radius 2 is 2.27 bits per heavy atom. The Balaban J connectivity index is 2.70. The SMILES string of the molecule is O=c1ccccn1CCCS. The van der Waals surface area contributed by atoms with E-state index in [2.05, 4.69) is 12.6 Å². The molecule has 0 atom stereocenters. The molecule has 11 heavy (non-hydrogen) atoms. The number of rotatable bonds is 3. The highest BCUT2D eigenvalue weighted by Crippen LogP contribution is 1.88. The number of nitrogens with zero attached hydrogens (tertiary/aromatic N) is 1. The van der Waals surface area contributed by atoms with Crippen molar-refractivity contribution in [3.8, 4) is 0 Å². The Labute approximate surface area is 71.3 Å². The quantitative estimate of drug-likeness (QED) is 0.674. The number of thiol groups is 1. The van der Waals surface area contributed by atoms with E-state index in [0.717, 1.165) is 18.7 Å². The van der Waals surface area contributed by atoms with Crippen LogP contribution in [0.2, 0.25) is 0 Å². The molecular weight excluding hydrogens is 158 g/mol. The average Bonchev–Trinajstić information content (AvgIpc) is 2.03. The van der Waals surface area contributed by atoms with Crippen LogP contribution in [0.3, 0.4) is 0 Å². The summed E-state index contributed by atoms with van der Waals surface area (Å²) in [5.74, 6) is 0.821. The fourth-order valence-corrected chi connectivity index (χ4v) is 1.03. The number of aryl methyl sites for hydroxylation is 1. The minimum absolute atomic E-state index is 0.0642. The zero-order valence-electron chi connectivity index (χ0n) is 6.23. The van der Waals surface area contributed by atoms with Crippen molar-refractivity contribution in [2.45, 2.75) is 13.0 Å². The van der Waals surface area contributed by atoms with E-state index in [-0.39, 0.29) is 5.56 Å². The molecule has 0 saturated heterocycles. The molecule has 3 heteroatoms.